The fourth-order valence-electron chi connectivity index (χ4n) is 4.60. The Balaban J connectivity index is 1.69. The maximum Gasteiger partial charge on any atom is 0.246 e. The molecule has 1 aliphatic heterocycles. The van der Waals surface area contributed by atoms with Crippen molar-refractivity contribution < 1.29 is 23.9 Å². The van der Waals surface area contributed by atoms with Crippen LogP contribution < -0.4 is 10.6 Å². The van der Waals surface area contributed by atoms with E-state index in [1.807, 2.05) is 72.7 Å². The van der Waals surface area contributed by atoms with Gasteiger partial charge in [-0.25, -0.2) is 4.98 Å². The van der Waals surface area contributed by atoms with E-state index in [1.165, 1.54) is 11.3 Å². The standard InChI is InChI=1S/C28H40N4O5/c1-16(2)24(31-23(34)13-28(5,6)7)27(36)32-14-21(33)12-22(32)26(35)30-17(3)19-8-10-20(11-9-19)25-18(4)29-15-37-25/h8-11,15-17,21-22,24,33H,12-14H2,1-7H3,(H,30,35)(H,31,34)/t17-,21+,22-,24-/m0/s1. The lowest BCUT2D eigenvalue weighted by Gasteiger charge is -2.31. The zero-order valence-electron chi connectivity index (χ0n) is 22.9. The number of aryl methyl sites for hydroxylation is 1. The monoisotopic (exact) mass is 512 g/mol. The number of hydrogen-bond donors (Lipinski definition) is 3. The second-order valence-electron chi connectivity index (χ2n) is 11.5. The largest absolute Gasteiger partial charge is 0.443 e. The van der Waals surface area contributed by atoms with Crippen LogP contribution in [0.2, 0.25) is 0 Å². The van der Waals surface area contributed by atoms with Crippen LogP contribution in [0.25, 0.3) is 11.3 Å². The van der Waals surface area contributed by atoms with E-state index in [2.05, 4.69) is 15.6 Å². The molecule has 1 fully saturated rings. The number of aromatic nitrogens is 1. The van der Waals surface area contributed by atoms with Crippen LogP contribution >= 0.6 is 0 Å². The highest BCUT2D eigenvalue weighted by atomic mass is 16.3. The van der Waals surface area contributed by atoms with Crippen LogP contribution in [0.4, 0.5) is 0 Å². The van der Waals surface area contributed by atoms with E-state index in [0.717, 1.165) is 16.8 Å². The molecule has 1 saturated heterocycles. The van der Waals surface area contributed by atoms with Crippen LogP contribution in [0.3, 0.4) is 0 Å². The first-order chi connectivity index (χ1) is 17.3. The molecule has 1 aromatic heterocycles. The van der Waals surface area contributed by atoms with Crippen molar-refractivity contribution in [3.05, 3.63) is 41.9 Å². The number of carbonyl (C=O) groups is 3. The van der Waals surface area contributed by atoms with E-state index in [1.54, 1.807) is 0 Å². The molecule has 2 heterocycles. The molecule has 0 saturated carbocycles. The second kappa shape index (κ2) is 11.5. The van der Waals surface area contributed by atoms with Gasteiger partial charge in [0.1, 0.15) is 12.1 Å². The number of carbonyl (C=O) groups excluding carboxylic acids is 3. The summed E-state index contributed by atoms with van der Waals surface area (Å²) in [4.78, 5) is 44.8. The molecule has 0 spiro atoms. The number of oxazole rings is 1. The summed E-state index contributed by atoms with van der Waals surface area (Å²) < 4.78 is 5.44. The zero-order valence-corrected chi connectivity index (χ0v) is 22.9. The molecule has 9 nitrogen and oxygen atoms in total. The summed E-state index contributed by atoms with van der Waals surface area (Å²) >= 11 is 0. The van der Waals surface area contributed by atoms with Crippen molar-refractivity contribution in [2.75, 3.05) is 6.54 Å². The first-order valence-corrected chi connectivity index (χ1v) is 12.9. The number of aliphatic hydroxyl groups excluding tert-OH is 1. The summed E-state index contributed by atoms with van der Waals surface area (Å²) in [5.41, 5.74) is 2.36. The lowest BCUT2D eigenvalue weighted by Crippen LogP contribution is -2.55. The van der Waals surface area contributed by atoms with Crippen molar-refractivity contribution in [1.29, 1.82) is 0 Å². The Morgan fingerprint density at radius 1 is 1.14 bits per heavy atom. The van der Waals surface area contributed by atoms with E-state index in [9.17, 15) is 19.5 Å². The molecule has 9 heteroatoms. The molecule has 2 aromatic rings. The van der Waals surface area contributed by atoms with Gasteiger partial charge < -0.3 is 25.1 Å². The molecule has 4 atom stereocenters. The molecule has 1 aromatic carbocycles. The first kappa shape index (κ1) is 28.4. The highest BCUT2D eigenvalue weighted by molar-refractivity contribution is 5.93. The van der Waals surface area contributed by atoms with E-state index in [-0.39, 0.29) is 54.5 Å². The van der Waals surface area contributed by atoms with E-state index in [4.69, 9.17) is 4.42 Å². The number of nitrogens with zero attached hydrogens (tertiary/aromatic N) is 2. The van der Waals surface area contributed by atoms with Gasteiger partial charge in [-0.2, -0.15) is 0 Å². The third-order valence-electron chi connectivity index (χ3n) is 6.58. The van der Waals surface area contributed by atoms with Gasteiger partial charge in [0.15, 0.2) is 12.2 Å². The topological polar surface area (TPSA) is 125 Å². The number of nitrogens with one attached hydrogen (secondary N) is 2. The Hall–Kier alpha value is -3.20. The van der Waals surface area contributed by atoms with Crippen LogP contribution in [0, 0.1) is 18.3 Å². The quantitative estimate of drug-likeness (QED) is 0.498. The van der Waals surface area contributed by atoms with Gasteiger partial charge in [0.2, 0.25) is 17.7 Å². The predicted molar refractivity (Wildman–Crippen MR) is 140 cm³/mol. The number of hydrogen-bond acceptors (Lipinski definition) is 6. The minimum Gasteiger partial charge on any atom is -0.443 e. The molecule has 1 aliphatic rings. The molecule has 0 radical (unpaired) electrons. The Bertz CT molecular complexity index is 1100. The minimum absolute atomic E-state index is 0.0505. The Morgan fingerprint density at radius 2 is 1.78 bits per heavy atom. The Kier molecular flexibility index (Phi) is 8.79. The van der Waals surface area contributed by atoms with Gasteiger partial charge in [0.25, 0.3) is 0 Å². The fraction of sp³-hybridized carbons (Fsp3) is 0.571. The van der Waals surface area contributed by atoms with Crippen molar-refractivity contribution in [1.82, 2.24) is 20.5 Å². The predicted octanol–water partition coefficient (Wildman–Crippen LogP) is 3.37. The summed E-state index contributed by atoms with van der Waals surface area (Å²) in [6.45, 7) is 13.4. The first-order valence-electron chi connectivity index (χ1n) is 12.9. The van der Waals surface area contributed by atoms with Crippen molar-refractivity contribution in [3.8, 4) is 11.3 Å². The highest BCUT2D eigenvalue weighted by Gasteiger charge is 2.42. The van der Waals surface area contributed by atoms with Gasteiger partial charge in [0, 0.05) is 24.9 Å². The maximum atomic E-state index is 13.5. The van der Waals surface area contributed by atoms with Crippen LogP contribution in [-0.4, -0.2) is 57.4 Å². The minimum atomic E-state index is -0.818. The van der Waals surface area contributed by atoms with Gasteiger partial charge in [-0.05, 0) is 30.7 Å². The SMILES string of the molecule is Cc1ncoc1-c1ccc([C@H](C)NC(=O)[C@@H]2C[C@@H](O)CN2C(=O)[C@@H](NC(=O)CC(C)(C)C)C(C)C)cc1. The lowest BCUT2D eigenvalue weighted by molar-refractivity contribution is -0.142. The molecule has 202 valence electrons. The average Bonchev–Trinajstić information content (AvgIpc) is 3.41. The maximum absolute atomic E-state index is 13.5. The van der Waals surface area contributed by atoms with Crippen LogP contribution in [-0.2, 0) is 14.4 Å². The average molecular weight is 513 g/mol. The summed E-state index contributed by atoms with van der Waals surface area (Å²) in [6, 6.07) is 5.73. The van der Waals surface area contributed by atoms with Crippen LogP contribution in [0.5, 0.6) is 0 Å². The lowest BCUT2D eigenvalue weighted by atomic mass is 9.91. The van der Waals surface area contributed by atoms with E-state index < -0.39 is 18.2 Å². The number of likely N-dealkylation sites (tertiary alicyclic amines) is 1. The molecular weight excluding hydrogens is 472 g/mol. The molecule has 0 aliphatic carbocycles. The molecule has 3 amide bonds. The third kappa shape index (κ3) is 7.19. The number of β-amino-alcohol motifs (C(OH)–C–C–N with tert-alkyl or cyclic N) is 1. The summed E-state index contributed by atoms with van der Waals surface area (Å²) in [6.07, 6.45) is 1.03. The van der Waals surface area contributed by atoms with Gasteiger partial charge in [0.05, 0.1) is 17.8 Å². The summed E-state index contributed by atoms with van der Waals surface area (Å²) in [5.74, 6) is -0.377. The van der Waals surface area contributed by atoms with E-state index >= 15 is 0 Å². The van der Waals surface area contributed by atoms with Gasteiger partial charge in [-0.3, -0.25) is 14.4 Å². The smallest absolute Gasteiger partial charge is 0.246 e. The number of aliphatic hydroxyl groups is 1. The number of amides is 3. The van der Waals surface area contributed by atoms with Crippen molar-refractivity contribution in [2.24, 2.45) is 11.3 Å². The zero-order chi connectivity index (χ0) is 27.5. The molecular formula is C28H40N4O5. The molecule has 0 unspecified atom stereocenters. The van der Waals surface area contributed by atoms with Crippen molar-refractivity contribution >= 4 is 17.7 Å². The summed E-state index contributed by atoms with van der Waals surface area (Å²) in [5, 5.41) is 16.2. The van der Waals surface area contributed by atoms with Crippen LogP contribution in [0.1, 0.15) is 71.7 Å². The normalized spacial score (nSPS) is 19.5. The van der Waals surface area contributed by atoms with Crippen molar-refractivity contribution in [3.63, 3.8) is 0 Å². The van der Waals surface area contributed by atoms with Crippen LogP contribution in [0.15, 0.2) is 35.1 Å². The van der Waals surface area contributed by atoms with Gasteiger partial charge >= 0.3 is 0 Å². The second-order valence-corrected chi connectivity index (χ2v) is 11.5. The highest BCUT2D eigenvalue weighted by Crippen LogP contribution is 2.26. The molecule has 0 bridgehead atoms. The van der Waals surface area contributed by atoms with Gasteiger partial charge in [-0.15, -0.1) is 0 Å². The van der Waals surface area contributed by atoms with E-state index in [0.29, 0.717) is 5.76 Å². The Morgan fingerprint density at radius 3 is 2.32 bits per heavy atom. The fourth-order valence-corrected chi connectivity index (χ4v) is 4.60. The Labute approximate surface area is 219 Å². The number of benzene rings is 1. The van der Waals surface area contributed by atoms with Crippen molar-refractivity contribution in [2.45, 2.75) is 85.5 Å². The third-order valence-corrected chi connectivity index (χ3v) is 6.58. The number of rotatable bonds is 8. The molecule has 3 rings (SSSR count). The molecule has 3 N–H and O–H groups in total. The molecule has 37 heavy (non-hydrogen) atoms. The summed E-state index contributed by atoms with van der Waals surface area (Å²) in [7, 11) is 0. The van der Waals surface area contributed by atoms with Gasteiger partial charge in [-0.1, -0.05) is 58.9 Å².